The first-order chi connectivity index (χ1) is 14.8. The summed E-state index contributed by atoms with van der Waals surface area (Å²) in [6, 6.07) is 10.6. The maximum Gasteiger partial charge on any atom is 0.169 e. The van der Waals surface area contributed by atoms with E-state index in [-0.39, 0.29) is 12.0 Å². The second-order valence-corrected chi connectivity index (χ2v) is 8.09. The molecule has 5 nitrogen and oxygen atoms in total. The number of hydrogen-bond acceptors (Lipinski definition) is 5. The minimum absolute atomic E-state index is 0.0783. The Morgan fingerprint density at radius 2 is 2.17 bits per heavy atom. The van der Waals surface area contributed by atoms with Crippen molar-refractivity contribution in [1.82, 2.24) is 10.2 Å². The van der Waals surface area contributed by atoms with Gasteiger partial charge in [0, 0.05) is 37.2 Å². The molecule has 5 heteroatoms. The van der Waals surface area contributed by atoms with E-state index in [1.165, 1.54) is 16.7 Å². The van der Waals surface area contributed by atoms with Crippen molar-refractivity contribution in [2.45, 2.75) is 37.8 Å². The van der Waals surface area contributed by atoms with Gasteiger partial charge in [-0.1, -0.05) is 54.6 Å². The first-order valence-corrected chi connectivity index (χ1v) is 11.0. The van der Waals surface area contributed by atoms with E-state index in [4.69, 9.17) is 9.78 Å². The van der Waals surface area contributed by atoms with Gasteiger partial charge in [0.2, 0.25) is 0 Å². The third-order valence-electron chi connectivity index (χ3n) is 6.27. The molecule has 1 saturated heterocycles. The molecule has 0 radical (unpaired) electrons. The average Bonchev–Trinajstić information content (AvgIpc) is 2.80. The first-order valence-electron chi connectivity index (χ1n) is 11.0. The van der Waals surface area contributed by atoms with Crippen molar-refractivity contribution >= 4 is 0 Å². The van der Waals surface area contributed by atoms with Crippen LogP contribution in [0.25, 0.3) is 0 Å². The highest BCUT2D eigenvalue weighted by Gasteiger charge is 2.32. The number of aliphatic hydroxyl groups is 1. The van der Waals surface area contributed by atoms with E-state index in [2.05, 4.69) is 40.6 Å². The molecule has 2 heterocycles. The van der Waals surface area contributed by atoms with Crippen LogP contribution in [0.5, 0.6) is 0 Å². The summed E-state index contributed by atoms with van der Waals surface area (Å²) in [5, 5.41) is 14.3. The molecular weight excluding hydrogens is 376 g/mol. The SMILES string of the molecule is CC=CC(O)C(CCN1CCNCC1C1=C2CC=CC=C2OOC1)c1ccccc1. The number of fused-ring (bicyclic) bond motifs is 1. The predicted octanol–water partition coefficient (Wildman–Crippen LogP) is 3.47. The van der Waals surface area contributed by atoms with Crippen molar-refractivity contribution in [3.05, 3.63) is 83.2 Å². The van der Waals surface area contributed by atoms with Crippen LogP contribution in [0.4, 0.5) is 0 Å². The van der Waals surface area contributed by atoms with Crippen LogP contribution in [0.2, 0.25) is 0 Å². The maximum atomic E-state index is 10.8. The third-order valence-corrected chi connectivity index (χ3v) is 6.27. The van der Waals surface area contributed by atoms with E-state index in [1.54, 1.807) is 0 Å². The first kappa shape index (κ1) is 21.1. The molecule has 2 N–H and O–H groups in total. The van der Waals surface area contributed by atoms with Gasteiger partial charge >= 0.3 is 0 Å². The standard InChI is InChI=1S/C25H32N2O3/c1-2-8-24(28)20(19-9-4-3-5-10-19)13-15-27-16-14-26-17-23(27)22-18-29-30-25-12-7-6-11-21(22)25/h2-10,12,20,23-24,26,28H,11,13-18H2,1H3. The lowest BCUT2D eigenvalue weighted by atomic mass is 9.88. The topological polar surface area (TPSA) is 54.0 Å². The summed E-state index contributed by atoms with van der Waals surface area (Å²) in [6.45, 7) is 6.26. The molecule has 1 fully saturated rings. The number of rotatable bonds is 7. The zero-order valence-corrected chi connectivity index (χ0v) is 17.7. The lowest BCUT2D eigenvalue weighted by Crippen LogP contribution is -2.53. The van der Waals surface area contributed by atoms with Gasteiger partial charge in [-0.3, -0.25) is 4.90 Å². The van der Waals surface area contributed by atoms with Crippen molar-refractivity contribution < 1.29 is 14.9 Å². The van der Waals surface area contributed by atoms with Gasteiger partial charge in [-0.05, 0) is 43.5 Å². The number of aliphatic hydroxyl groups excluding tert-OH is 1. The van der Waals surface area contributed by atoms with Crippen molar-refractivity contribution in [2.75, 3.05) is 32.8 Å². The highest BCUT2D eigenvalue weighted by Crippen LogP contribution is 2.33. The van der Waals surface area contributed by atoms with E-state index in [0.717, 1.165) is 44.8 Å². The molecule has 0 saturated carbocycles. The molecule has 0 spiro atoms. The van der Waals surface area contributed by atoms with Crippen LogP contribution < -0.4 is 5.32 Å². The smallest absolute Gasteiger partial charge is 0.169 e. The van der Waals surface area contributed by atoms with Crippen LogP contribution in [0.15, 0.2) is 77.6 Å². The lowest BCUT2D eigenvalue weighted by Gasteiger charge is -2.40. The largest absolute Gasteiger partial charge is 0.388 e. The molecule has 3 atom stereocenters. The number of piperazine rings is 1. The summed E-state index contributed by atoms with van der Waals surface area (Å²) in [4.78, 5) is 13.4. The van der Waals surface area contributed by atoms with Crippen molar-refractivity contribution in [1.29, 1.82) is 0 Å². The fourth-order valence-electron chi connectivity index (χ4n) is 4.68. The Kier molecular flexibility index (Phi) is 7.18. The van der Waals surface area contributed by atoms with E-state index in [1.807, 2.05) is 37.3 Å². The zero-order chi connectivity index (χ0) is 20.8. The second-order valence-electron chi connectivity index (χ2n) is 8.09. The number of nitrogens with one attached hydrogen (secondary N) is 1. The van der Waals surface area contributed by atoms with Crippen LogP contribution in [0, 0.1) is 0 Å². The van der Waals surface area contributed by atoms with Gasteiger partial charge in [0.25, 0.3) is 0 Å². The molecule has 2 aliphatic heterocycles. The molecule has 1 aliphatic carbocycles. The lowest BCUT2D eigenvalue weighted by molar-refractivity contribution is -0.260. The Morgan fingerprint density at radius 1 is 1.30 bits per heavy atom. The predicted molar refractivity (Wildman–Crippen MR) is 119 cm³/mol. The van der Waals surface area contributed by atoms with Crippen molar-refractivity contribution in [3.8, 4) is 0 Å². The fourth-order valence-corrected chi connectivity index (χ4v) is 4.68. The third kappa shape index (κ3) is 4.76. The molecule has 30 heavy (non-hydrogen) atoms. The van der Waals surface area contributed by atoms with Crippen LogP contribution in [-0.4, -0.2) is 54.9 Å². The Hall–Kier alpha value is -2.18. The normalized spacial score (nSPS) is 24.3. The highest BCUT2D eigenvalue weighted by molar-refractivity contribution is 5.42. The second kappa shape index (κ2) is 10.2. The maximum absolute atomic E-state index is 10.8. The average molecular weight is 409 g/mol. The van der Waals surface area contributed by atoms with Gasteiger partial charge in [0.05, 0.1) is 6.10 Å². The molecule has 1 aromatic carbocycles. The summed E-state index contributed by atoms with van der Waals surface area (Å²) in [7, 11) is 0. The highest BCUT2D eigenvalue weighted by atomic mass is 17.2. The molecule has 3 unspecified atom stereocenters. The molecule has 0 bridgehead atoms. The molecule has 3 aliphatic rings. The number of allylic oxidation sites excluding steroid dienone is 5. The molecule has 0 aromatic heterocycles. The van der Waals surface area contributed by atoms with Gasteiger partial charge in [0.15, 0.2) is 5.76 Å². The van der Waals surface area contributed by atoms with Gasteiger partial charge in [-0.15, -0.1) is 0 Å². The Bertz CT molecular complexity index is 828. The monoisotopic (exact) mass is 408 g/mol. The molecule has 0 amide bonds. The Labute approximate surface area is 179 Å². The quantitative estimate of drug-likeness (QED) is 0.534. The summed E-state index contributed by atoms with van der Waals surface area (Å²) in [5.41, 5.74) is 3.76. The molecule has 1 aromatic rings. The van der Waals surface area contributed by atoms with Crippen molar-refractivity contribution in [3.63, 3.8) is 0 Å². The van der Waals surface area contributed by atoms with Crippen molar-refractivity contribution in [2.24, 2.45) is 0 Å². The fraction of sp³-hybridized carbons (Fsp3) is 0.440. The minimum atomic E-state index is -0.481. The number of benzene rings is 1. The molecular formula is C25H32N2O3. The summed E-state index contributed by atoms with van der Waals surface area (Å²) < 4.78 is 0. The Balaban J connectivity index is 1.52. The van der Waals surface area contributed by atoms with E-state index in [9.17, 15) is 5.11 Å². The summed E-state index contributed by atoms with van der Waals surface area (Å²) in [5.74, 6) is 0.921. The zero-order valence-electron chi connectivity index (χ0n) is 17.7. The van der Waals surface area contributed by atoms with Gasteiger partial charge in [0.1, 0.15) is 6.61 Å². The van der Waals surface area contributed by atoms with Crippen LogP contribution >= 0.6 is 0 Å². The van der Waals surface area contributed by atoms with Gasteiger partial charge in [-0.25, -0.2) is 0 Å². The van der Waals surface area contributed by atoms with E-state index >= 15 is 0 Å². The summed E-state index contributed by atoms with van der Waals surface area (Å²) in [6.07, 6.45) is 11.3. The van der Waals surface area contributed by atoms with E-state index in [0.29, 0.717) is 6.61 Å². The van der Waals surface area contributed by atoms with E-state index < -0.39 is 6.10 Å². The minimum Gasteiger partial charge on any atom is -0.388 e. The number of nitrogens with zero attached hydrogens (tertiary/aromatic N) is 1. The number of hydrogen-bond donors (Lipinski definition) is 2. The van der Waals surface area contributed by atoms with Gasteiger partial charge in [-0.2, -0.15) is 4.89 Å². The van der Waals surface area contributed by atoms with Crippen LogP contribution in [0.1, 0.15) is 31.2 Å². The molecule has 4 rings (SSSR count). The van der Waals surface area contributed by atoms with Crippen LogP contribution in [0.3, 0.4) is 0 Å². The summed E-state index contributed by atoms with van der Waals surface area (Å²) >= 11 is 0. The van der Waals surface area contributed by atoms with Gasteiger partial charge < -0.3 is 15.3 Å². The molecule has 160 valence electrons. The Morgan fingerprint density at radius 3 is 3.00 bits per heavy atom. The van der Waals surface area contributed by atoms with Crippen LogP contribution in [-0.2, 0) is 9.78 Å².